The molecule has 0 saturated carbocycles. The third kappa shape index (κ3) is 2.41. The van der Waals surface area contributed by atoms with E-state index in [0.717, 1.165) is 11.3 Å². The molecule has 0 amide bonds. The second-order valence-corrected chi connectivity index (χ2v) is 3.80. The van der Waals surface area contributed by atoms with Gasteiger partial charge in [-0.15, -0.1) is 0 Å². The summed E-state index contributed by atoms with van der Waals surface area (Å²) in [5, 5.41) is 14.8. The lowest BCUT2D eigenvalue weighted by atomic mass is 10.2. The number of hydrogen-bond acceptors (Lipinski definition) is 4. The van der Waals surface area contributed by atoms with Crippen molar-refractivity contribution in [1.29, 1.82) is 0 Å². The number of nitrogen functional groups attached to an aromatic ring is 1. The number of nitrogens with two attached hydrogens (primary N) is 1. The lowest BCUT2D eigenvalue weighted by Gasteiger charge is -2.03. The molecule has 1 aromatic carbocycles. The van der Waals surface area contributed by atoms with Crippen molar-refractivity contribution in [3.05, 3.63) is 51.7 Å². The first kappa shape index (κ1) is 11.1. The zero-order valence-electron chi connectivity index (χ0n) is 9.33. The molecule has 1 heterocycles. The average Bonchev–Trinajstić information content (AvgIpc) is 2.58. The molecular formula is C11H12N4O2. The van der Waals surface area contributed by atoms with Crippen molar-refractivity contribution in [1.82, 2.24) is 9.78 Å². The molecule has 0 aliphatic heterocycles. The largest absolute Gasteiger partial charge is 0.384 e. The zero-order valence-corrected chi connectivity index (χ0v) is 9.33. The fourth-order valence-corrected chi connectivity index (χ4v) is 1.63. The van der Waals surface area contributed by atoms with Gasteiger partial charge in [0.2, 0.25) is 0 Å². The maximum absolute atomic E-state index is 10.6. The molecule has 0 aliphatic rings. The normalized spacial score (nSPS) is 10.4. The van der Waals surface area contributed by atoms with Gasteiger partial charge in [0.15, 0.2) is 0 Å². The van der Waals surface area contributed by atoms with Crippen molar-refractivity contribution in [3.63, 3.8) is 0 Å². The van der Waals surface area contributed by atoms with E-state index < -0.39 is 4.92 Å². The van der Waals surface area contributed by atoms with Gasteiger partial charge in [-0.1, -0.05) is 12.1 Å². The van der Waals surface area contributed by atoms with Crippen LogP contribution in [0.5, 0.6) is 0 Å². The average molecular weight is 232 g/mol. The van der Waals surface area contributed by atoms with Gasteiger partial charge in [0.05, 0.1) is 17.2 Å². The van der Waals surface area contributed by atoms with Crippen LogP contribution in [-0.2, 0) is 6.54 Å². The number of nitrogens with zero attached hydrogens (tertiary/aromatic N) is 3. The second-order valence-electron chi connectivity index (χ2n) is 3.80. The Morgan fingerprint density at radius 3 is 2.82 bits per heavy atom. The van der Waals surface area contributed by atoms with Crippen LogP contribution in [0.3, 0.4) is 0 Å². The molecule has 6 heteroatoms. The Balaban J connectivity index is 2.27. The van der Waals surface area contributed by atoms with Gasteiger partial charge in [-0.2, -0.15) is 5.10 Å². The number of aryl methyl sites for hydroxylation is 1. The predicted molar refractivity (Wildman–Crippen MR) is 63.6 cm³/mol. The van der Waals surface area contributed by atoms with Crippen LogP contribution in [0.15, 0.2) is 30.3 Å². The maximum Gasteiger partial charge on any atom is 0.269 e. The highest BCUT2D eigenvalue weighted by molar-refractivity contribution is 5.36. The number of hydrogen-bond donors (Lipinski definition) is 1. The van der Waals surface area contributed by atoms with Crippen LogP contribution >= 0.6 is 0 Å². The molecule has 17 heavy (non-hydrogen) atoms. The van der Waals surface area contributed by atoms with Gasteiger partial charge < -0.3 is 5.73 Å². The van der Waals surface area contributed by atoms with Crippen LogP contribution in [0.1, 0.15) is 11.3 Å². The zero-order chi connectivity index (χ0) is 12.4. The van der Waals surface area contributed by atoms with E-state index in [1.807, 2.05) is 13.0 Å². The summed E-state index contributed by atoms with van der Waals surface area (Å²) < 4.78 is 1.62. The monoisotopic (exact) mass is 232 g/mol. The third-order valence-electron chi connectivity index (χ3n) is 2.39. The molecule has 2 N–H and O–H groups in total. The van der Waals surface area contributed by atoms with E-state index in [9.17, 15) is 10.1 Å². The Hall–Kier alpha value is -2.37. The molecule has 0 aliphatic carbocycles. The van der Waals surface area contributed by atoms with Crippen molar-refractivity contribution in [3.8, 4) is 0 Å². The van der Waals surface area contributed by atoms with Gasteiger partial charge in [-0.05, 0) is 12.5 Å². The summed E-state index contributed by atoms with van der Waals surface area (Å²) >= 11 is 0. The predicted octanol–water partition coefficient (Wildman–Crippen LogP) is 1.73. The Labute approximate surface area is 97.8 Å². The maximum atomic E-state index is 10.6. The van der Waals surface area contributed by atoms with Crippen molar-refractivity contribution in [2.75, 3.05) is 5.73 Å². The van der Waals surface area contributed by atoms with E-state index in [1.54, 1.807) is 16.8 Å². The van der Waals surface area contributed by atoms with Crippen LogP contribution in [0.4, 0.5) is 11.5 Å². The fraction of sp³-hybridized carbons (Fsp3) is 0.182. The number of rotatable bonds is 3. The van der Waals surface area contributed by atoms with Crippen LogP contribution in [-0.4, -0.2) is 14.7 Å². The molecule has 0 radical (unpaired) electrons. The van der Waals surface area contributed by atoms with Crippen LogP contribution in [0.25, 0.3) is 0 Å². The highest BCUT2D eigenvalue weighted by atomic mass is 16.6. The molecule has 0 saturated heterocycles. The van der Waals surface area contributed by atoms with E-state index in [4.69, 9.17) is 5.73 Å². The number of benzene rings is 1. The van der Waals surface area contributed by atoms with Gasteiger partial charge in [-0.3, -0.25) is 10.1 Å². The minimum atomic E-state index is -0.415. The van der Waals surface area contributed by atoms with Crippen LogP contribution in [0.2, 0.25) is 0 Å². The smallest absolute Gasteiger partial charge is 0.269 e. The summed E-state index contributed by atoms with van der Waals surface area (Å²) in [7, 11) is 0. The van der Waals surface area contributed by atoms with Crippen molar-refractivity contribution < 1.29 is 4.92 Å². The molecular weight excluding hydrogens is 220 g/mol. The Kier molecular flexibility index (Phi) is 2.78. The summed E-state index contributed by atoms with van der Waals surface area (Å²) in [6.07, 6.45) is 0. The molecule has 2 aromatic rings. The van der Waals surface area contributed by atoms with Gasteiger partial charge in [0.25, 0.3) is 5.69 Å². The number of nitro benzene ring substituents is 1. The van der Waals surface area contributed by atoms with E-state index in [0.29, 0.717) is 12.4 Å². The SMILES string of the molecule is Cc1cc(N)n(Cc2cccc([N+](=O)[O-])c2)n1. The molecule has 0 fully saturated rings. The summed E-state index contributed by atoms with van der Waals surface area (Å²) in [4.78, 5) is 10.2. The van der Waals surface area contributed by atoms with E-state index in [2.05, 4.69) is 5.10 Å². The molecule has 0 atom stereocenters. The van der Waals surface area contributed by atoms with Crippen molar-refractivity contribution >= 4 is 11.5 Å². The summed E-state index contributed by atoms with van der Waals surface area (Å²) in [6, 6.07) is 8.21. The Bertz CT molecular complexity index is 562. The molecule has 0 bridgehead atoms. The van der Waals surface area contributed by atoms with Gasteiger partial charge in [0.1, 0.15) is 5.82 Å². The number of anilines is 1. The minimum Gasteiger partial charge on any atom is -0.384 e. The van der Waals surface area contributed by atoms with E-state index in [1.165, 1.54) is 12.1 Å². The summed E-state index contributed by atoms with van der Waals surface area (Å²) in [5.74, 6) is 0.550. The van der Waals surface area contributed by atoms with E-state index in [-0.39, 0.29) is 5.69 Å². The lowest BCUT2D eigenvalue weighted by molar-refractivity contribution is -0.384. The Morgan fingerprint density at radius 2 is 2.24 bits per heavy atom. The highest BCUT2D eigenvalue weighted by Gasteiger charge is 2.07. The summed E-state index contributed by atoms with van der Waals surface area (Å²) in [6.45, 7) is 2.28. The quantitative estimate of drug-likeness (QED) is 0.644. The van der Waals surface area contributed by atoms with E-state index >= 15 is 0 Å². The summed E-state index contributed by atoms with van der Waals surface area (Å²) in [5.41, 5.74) is 7.45. The lowest BCUT2D eigenvalue weighted by Crippen LogP contribution is -2.06. The minimum absolute atomic E-state index is 0.0740. The molecule has 1 aromatic heterocycles. The first-order chi connectivity index (χ1) is 8.06. The fourth-order valence-electron chi connectivity index (χ4n) is 1.63. The number of nitro groups is 1. The first-order valence-corrected chi connectivity index (χ1v) is 5.09. The van der Waals surface area contributed by atoms with Gasteiger partial charge in [0, 0.05) is 18.2 Å². The standard InChI is InChI=1S/C11H12N4O2/c1-8-5-11(12)14(13-8)7-9-3-2-4-10(6-9)15(16)17/h2-6H,7,12H2,1H3. The molecule has 6 nitrogen and oxygen atoms in total. The van der Waals surface area contributed by atoms with Crippen LogP contribution in [0, 0.1) is 17.0 Å². The Morgan fingerprint density at radius 1 is 1.47 bits per heavy atom. The third-order valence-corrected chi connectivity index (χ3v) is 2.39. The molecule has 0 unspecified atom stereocenters. The first-order valence-electron chi connectivity index (χ1n) is 5.09. The number of aromatic nitrogens is 2. The topological polar surface area (TPSA) is 87.0 Å². The molecule has 2 rings (SSSR count). The van der Waals surface area contributed by atoms with Gasteiger partial charge >= 0.3 is 0 Å². The van der Waals surface area contributed by atoms with Crippen molar-refractivity contribution in [2.45, 2.75) is 13.5 Å². The van der Waals surface area contributed by atoms with Crippen molar-refractivity contribution in [2.24, 2.45) is 0 Å². The second kappa shape index (κ2) is 4.25. The highest BCUT2D eigenvalue weighted by Crippen LogP contribution is 2.15. The molecule has 0 spiro atoms. The number of non-ortho nitro benzene ring substituents is 1. The van der Waals surface area contributed by atoms with Gasteiger partial charge in [-0.25, -0.2) is 4.68 Å². The van der Waals surface area contributed by atoms with Crippen LogP contribution < -0.4 is 5.73 Å². The molecule has 88 valence electrons.